The number of pyridine rings is 1. The summed E-state index contributed by atoms with van der Waals surface area (Å²) in [7, 11) is 1.59. The monoisotopic (exact) mass is 329 g/mol. The van der Waals surface area contributed by atoms with E-state index in [1.54, 1.807) is 19.4 Å². The Hall–Kier alpha value is -2.14. The number of ether oxygens (including phenoxy) is 1. The van der Waals surface area contributed by atoms with Crippen molar-refractivity contribution in [1.82, 2.24) is 10.3 Å². The minimum absolute atomic E-state index is 0.181. The van der Waals surface area contributed by atoms with Gasteiger partial charge < -0.3 is 15.4 Å². The van der Waals surface area contributed by atoms with E-state index < -0.39 is 0 Å². The Balaban J connectivity index is 2.02. The third kappa shape index (κ3) is 4.66. The van der Waals surface area contributed by atoms with Gasteiger partial charge >= 0.3 is 0 Å². The van der Waals surface area contributed by atoms with Crippen LogP contribution in [0.3, 0.4) is 0 Å². The molecule has 0 aliphatic carbocycles. The van der Waals surface area contributed by atoms with Gasteiger partial charge in [0.25, 0.3) is 0 Å². The standard InChI is InChI=1S/C18H23N3OS/c1-5-16(14-7-6-12(2)13(3)10-14)21-18(23)20-15-8-9-17(22-4)19-11-15/h6-11,16H,5H2,1-4H3,(H2,20,21,23). The molecule has 1 aromatic heterocycles. The van der Waals surface area contributed by atoms with Crippen LogP contribution in [0.5, 0.6) is 5.88 Å². The van der Waals surface area contributed by atoms with Crippen molar-refractivity contribution in [2.45, 2.75) is 33.2 Å². The Labute approximate surface area is 143 Å². The lowest BCUT2D eigenvalue weighted by Crippen LogP contribution is -2.32. The molecule has 0 bridgehead atoms. The molecule has 2 N–H and O–H groups in total. The summed E-state index contributed by atoms with van der Waals surface area (Å²) in [5.74, 6) is 0.580. The van der Waals surface area contributed by atoms with E-state index in [-0.39, 0.29) is 6.04 Å². The van der Waals surface area contributed by atoms with Crippen LogP contribution in [-0.4, -0.2) is 17.2 Å². The lowest BCUT2D eigenvalue weighted by atomic mass is 9.99. The summed E-state index contributed by atoms with van der Waals surface area (Å²) in [6, 6.07) is 10.4. The Bertz CT molecular complexity index is 670. The molecule has 1 aromatic carbocycles. The summed E-state index contributed by atoms with van der Waals surface area (Å²) < 4.78 is 5.05. The van der Waals surface area contributed by atoms with Crippen molar-refractivity contribution in [1.29, 1.82) is 0 Å². The lowest BCUT2D eigenvalue weighted by molar-refractivity contribution is 0.398. The second-order valence-corrected chi connectivity index (χ2v) is 5.90. The van der Waals surface area contributed by atoms with E-state index in [1.165, 1.54) is 16.7 Å². The SMILES string of the molecule is CCC(NC(=S)Nc1ccc(OC)nc1)c1ccc(C)c(C)c1. The molecule has 1 atom stereocenters. The molecule has 0 spiro atoms. The maximum Gasteiger partial charge on any atom is 0.213 e. The van der Waals surface area contributed by atoms with Crippen molar-refractivity contribution >= 4 is 23.0 Å². The molecule has 122 valence electrons. The van der Waals surface area contributed by atoms with E-state index in [0.29, 0.717) is 11.0 Å². The zero-order valence-corrected chi connectivity index (χ0v) is 14.8. The average molecular weight is 329 g/mol. The van der Waals surface area contributed by atoms with Crippen molar-refractivity contribution < 1.29 is 4.74 Å². The first-order valence-electron chi connectivity index (χ1n) is 7.68. The normalized spacial score (nSPS) is 11.7. The topological polar surface area (TPSA) is 46.2 Å². The Morgan fingerprint density at radius 1 is 1.22 bits per heavy atom. The first kappa shape index (κ1) is 17.2. The highest BCUT2D eigenvalue weighted by atomic mass is 32.1. The van der Waals surface area contributed by atoms with Crippen LogP contribution < -0.4 is 15.4 Å². The van der Waals surface area contributed by atoms with Crippen LogP contribution in [0, 0.1) is 13.8 Å². The van der Waals surface area contributed by atoms with Crippen LogP contribution in [-0.2, 0) is 0 Å². The third-order valence-corrected chi connectivity index (χ3v) is 4.07. The van der Waals surface area contributed by atoms with Crippen molar-refractivity contribution in [3.63, 3.8) is 0 Å². The second-order valence-electron chi connectivity index (χ2n) is 5.49. The van der Waals surface area contributed by atoms with E-state index in [0.717, 1.165) is 12.1 Å². The van der Waals surface area contributed by atoms with Crippen molar-refractivity contribution in [3.05, 3.63) is 53.2 Å². The first-order chi connectivity index (χ1) is 11.0. The molecule has 0 aliphatic heterocycles. The molecular formula is C18H23N3OS. The van der Waals surface area contributed by atoms with Gasteiger partial charge in [0.15, 0.2) is 5.11 Å². The molecule has 0 amide bonds. The highest BCUT2D eigenvalue weighted by Gasteiger charge is 2.11. The van der Waals surface area contributed by atoms with Crippen molar-refractivity contribution in [3.8, 4) is 5.88 Å². The van der Waals surface area contributed by atoms with Crippen LogP contribution >= 0.6 is 12.2 Å². The highest BCUT2D eigenvalue weighted by Crippen LogP contribution is 2.20. The minimum atomic E-state index is 0.181. The summed E-state index contributed by atoms with van der Waals surface area (Å²) in [5.41, 5.74) is 4.67. The number of hydrogen-bond acceptors (Lipinski definition) is 3. The maximum absolute atomic E-state index is 5.42. The Morgan fingerprint density at radius 3 is 2.57 bits per heavy atom. The summed E-state index contributed by atoms with van der Waals surface area (Å²) in [4.78, 5) is 4.16. The zero-order chi connectivity index (χ0) is 16.8. The van der Waals surface area contributed by atoms with Crippen LogP contribution in [0.1, 0.15) is 36.1 Å². The minimum Gasteiger partial charge on any atom is -0.481 e. The van der Waals surface area contributed by atoms with Gasteiger partial charge in [0, 0.05) is 6.07 Å². The van der Waals surface area contributed by atoms with Gasteiger partial charge in [-0.15, -0.1) is 0 Å². The van der Waals surface area contributed by atoms with Gasteiger partial charge in [-0.3, -0.25) is 0 Å². The molecule has 1 heterocycles. The molecule has 1 unspecified atom stereocenters. The largest absolute Gasteiger partial charge is 0.481 e. The van der Waals surface area contributed by atoms with Gasteiger partial charge in [-0.2, -0.15) is 0 Å². The fraction of sp³-hybridized carbons (Fsp3) is 0.333. The fourth-order valence-electron chi connectivity index (χ4n) is 2.30. The van der Waals surface area contributed by atoms with Gasteiger partial charge in [0.05, 0.1) is 25.0 Å². The maximum atomic E-state index is 5.42. The van der Waals surface area contributed by atoms with Crippen molar-refractivity contribution in [2.24, 2.45) is 0 Å². The second kappa shape index (κ2) is 7.92. The molecule has 4 nitrogen and oxygen atoms in total. The van der Waals surface area contributed by atoms with Gasteiger partial charge in [0.2, 0.25) is 5.88 Å². The molecule has 2 rings (SSSR count). The molecule has 0 radical (unpaired) electrons. The predicted octanol–water partition coefficient (Wildman–Crippen LogP) is 4.14. The predicted molar refractivity (Wildman–Crippen MR) is 99.1 cm³/mol. The smallest absolute Gasteiger partial charge is 0.213 e. The van der Waals surface area contributed by atoms with Gasteiger partial charge in [-0.25, -0.2) is 4.98 Å². The quantitative estimate of drug-likeness (QED) is 0.807. The Kier molecular flexibility index (Phi) is 5.93. The number of anilines is 1. The van der Waals surface area contributed by atoms with Crippen molar-refractivity contribution in [2.75, 3.05) is 12.4 Å². The molecular weight excluding hydrogens is 306 g/mol. The summed E-state index contributed by atoms with van der Waals surface area (Å²) in [6.07, 6.45) is 2.65. The van der Waals surface area contributed by atoms with Crippen LogP contribution in [0.25, 0.3) is 0 Å². The number of aryl methyl sites for hydroxylation is 2. The van der Waals surface area contributed by atoms with E-state index in [4.69, 9.17) is 17.0 Å². The molecule has 5 heteroatoms. The lowest BCUT2D eigenvalue weighted by Gasteiger charge is -2.21. The molecule has 0 saturated heterocycles. The number of methoxy groups -OCH3 is 1. The van der Waals surface area contributed by atoms with Crippen LogP contribution in [0.4, 0.5) is 5.69 Å². The third-order valence-electron chi connectivity index (χ3n) is 3.85. The average Bonchev–Trinajstić information content (AvgIpc) is 2.56. The van der Waals surface area contributed by atoms with Gasteiger partial charge in [0.1, 0.15) is 0 Å². The van der Waals surface area contributed by atoms with Gasteiger partial charge in [-0.1, -0.05) is 25.1 Å². The molecule has 0 saturated carbocycles. The fourth-order valence-corrected chi connectivity index (χ4v) is 2.56. The Morgan fingerprint density at radius 2 is 2.00 bits per heavy atom. The number of hydrogen-bond donors (Lipinski definition) is 2. The van der Waals surface area contributed by atoms with E-state index >= 15 is 0 Å². The number of thiocarbonyl (C=S) groups is 1. The van der Waals surface area contributed by atoms with Crippen LogP contribution in [0.15, 0.2) is 36.5 Å². The van der Waals surface area contributed by atoms with E-state index in [9.17, 15) is 0 Å². The van der Waals surface area contributed by atoms with Gasteiger partial charge in [-0.05, 0) is 55.2 Å². The first-order valence-corrected chi connectivity index (χ1v) is 8.09. The number of aromatic nitrogens is 1. The summed E-state index contributed by atoms with van der Waals surface area (Å²) in [6.45, 7) is 6.39. The van der Waals surface area contributed by atoms with E-state index in [1.807, 2.05) is 6.07 Å². The molecule has 23 heavy (non-hydrogen) atoms. The van der Waals surface area contributed by atoms with E-state index in [2.05, 4.69) is 54.6 Å². The number of rotatable bonds is 5. The number of nitrogens with zero attached hydrogens (tertiary/aromatic N) is 1. The highest BCUT2D eigenvalue weighted by molar-refractivity contribution is 7.80. The van der Waals surface area contributed by atoms with Crippen LogP contribution in [0.2, 0.25) is 0 Å². The molecule has 0 fully saturated rings. The molecule has 2 aromatic rings. The summed E-state index contributed by atoms with van der Waals surface area (Å²) in [5, 5.41) is 7.11. The number of nitrogens with one attached hydrogen (secondary N) is 2. The zero-order valence-electron chi connectivity index (χ0n) is 14.0. The number of benzene rings is 1. The summed E-state index contributed by atoms with van der Waals surface area (Å²) >= 11 is 5.42. The molecule has 0 aliphatic rings.